The standard InChI is InChI=1S/C12H18N2O/c1-8-3-4-12-10(7-8)14-9(2)11(15-12)5-6-13/h3-4,7,9,11,14H,5-6,13H2,1-2H3. The Kier molecular flexibility index (Phi) is 2.82. The molecule has 0 spiro atoms. The number of nitrogens with one attached hydrogen (secondary N) is 1. The van der Waals surface area contributed by atoms with Crippen LogP contribution in [0.5, 0.6) is 5.75 Å². The molecule has 15 heavy (non-hydrogen) atoms. The number of nitrogens with two attached hydrogens (primary N) is 1. The first-order valence-corrected chi connectivity index (χ1v) is 5.44. The van der Waals surface area contributed by atoms with Crippen LogP contribution in [-0.4, -0.2) is 18.7 Å². The number of benzene rings is 1. The van der Waals surface area contributed by atoms with Gasteiger partial charge in [0.1, 0.15) is 11.9 Å². The van der Waals surface area contributed by atoms with Crippen molar-refractivity contribution in [2.45, 2.75) is 32.4 Å². The lowest BCUT2D eigenvalue weighted by atomic mass is 10.1. The van der Waals surface area contributed by atoms with Gasteiger partial charge in [0.15, 0.2) is 0 Å². The number of hydrogen-bond donors (Lipinski definition) is 2. The lowest BCUT2D eigenvalue weighted by Crippen LogP contribution is -2.40. The number of fused-ring (bicyclic) bond motifs is 1. The highest BCUT2D eigenvalue weighted by molar-refractivity contribution is 5.60. The molecule has 0 saturated heterocycles. The lowest BCUT2D eigenvalue weighted by Gasteiger charge is -2.33. The summed E-state index contributed by atoms with van der Waals surface area (Å²) in [5.74, 6) is 0.942. The van der Waals surface area contributed by atoms with E-state index in [2.05, 4.69) is 31.3 Å². The molecule has 3 N–H and O–H groups in total. The predicted octanol–water partition coefficient (Wildman–Crippen LogP) is 1.91. The monoisotopic (exact) mass is 206 g/mol. The average molecular weight is 206 g/mol. The molecule has 0 bridgehead atoms. The van der Waals surface area contributed by atoms with Gasteiger partial charge in [0.2, 0.25) is 0 Å². The molecule has 1 heterocycles. The van der Waals surface area contributed by atoms with E-state index < -0.39 is 0 Å². The maximum absolute atomic E-state index is 5.90. The first-order valence-electron chi connectivity index (χ1n) is 5.44. The fourth-order valence-corrected chi connectivity index (χ4v) is 1.94. The minimum Gasteiger partial charge on any atom is -0.486 e. The predicted molar refractivity (Wildman–Crippen MR) is 62.4 cm³/mol. The van der Waals surface area contributed by atoms with Crippen molar-refractivity contribution in [1.29, 1.82) is 0 Å². The molecule has 1 aliphatic rings. The molecule has 1 aromatic carbocycles. The zero-order valence-corrected chi connectivity index (χ0v) is 9.29. The molecule has 3 nitrogen and oxygen atoms in total. The second kappa shape index (κ2) is 4.11. The molecule has 0 radical (unpaired) electrons. The van der Waals surface area contributed by atoms with Crippen LogP contribution in [0.2, 0.25) is 0 Å². The fraction of sp³-hybridized carbons (Fsp3) is 0.500. The van der Waals surface area contributed by atoms with Gasteiger partial charge in [-0.05, 0) is 44.5 Å². The smallest absolute Gasteiger partial charge is 0.142 e. The third-order valence-corrected chi connectivity index (χ3v) is 2.81. The number of ether oxygens (including phenoxy) is 1. The third kappa shape index (κ3) is 2.07. The SMILES string of the molecule is Cc1ccc2c(c1)NC(C)C(CCN)O2. The maximum atomic E-state index is 5.90. The molecule has 3 heteroatoms. The molecular formula is C12H18N2O. The van der Waals surface area contributed by atoms with E-state index in [1.54, 1.807) is 0 Å². The molecule has 2 unspecified atom stereocenters. The molecule has 0 aliphatic carbocycles. The van der Waals surface area contributed by atoms with Crippen LogP contribution in [0.3, 0.4) is 0 Å². The van der Waals surface area contributed by atoms with Crippen molar-refractivity contribution in [3.8, 4) is 5.75 Å². The second-order valence-electron chi connectivity index (χ2n) is 4.17. The van der Waals surface area contributed by atoms with E-state index in [0.29, 0.717) is 12.6 Å². The summed E-state index contributed by atoms with van der Waals surface area (Å²) >= 11 is 0. The molecule has 0 aromatic heterocycles. The molecular weight excluding hydrogens is 188 g/mol. The zero-order valence-electron chi connectivity index (χ0n) is 9.29. The van der Waals surface area contributed by atoms with Crippen molar-refractivity contribution in [1.82, 2.24) is 0 Å². The van der Waals surface area contributed by atoms with Crippen LogP contribution in [0.4, 0.5) is 5.69 Å². The number of rotatable bonds is 2. The van der Waals surface area contributed by atoms with Gasteiger partial charge in [0.05, 0.1) is 11.7 Å². The topological polar surface area (TPSA) is 47.3 Å². The molecule has 0 amide bonds. The summed E-state index contributed by atoms with van der Waals surface area (Å²) in [4.78, 5) is 0. The highest BCUT2D eigenvalue weighted by Crippen LogP contribution is 2.32. The minimum atomic E-state index is 0.185. The fourth-order valence-electron chi connectivity index (χ4n) is 1.94. The van der Waals surface area contributed by atoms with Crippen molar-refractivity contribution >= 4 is 5.69 Å². The van der Waals surface area contributed by atoms with Crippen LogP contribution in [0, 0.1) is 6.92 Å². The Balaban J connectivity index is 2.22. The average Bonchev–Trinajstić information content (AvgIpc) is 2.20. The summed E-state index contributed by atoms with van der Waals surface area (Å²) in [6, 6.07) is 6.52. The van der Waals surface area contributed by atoms with E-state index in [0.717, 1.165) is 17.9 Å². The highest BCUT2D eigenvalue weighted by Gasteiger charge is 2.25. The summed E-state index contributed by atoms with van der Waals surface area (Å²) in [7, 11) is 0. The zero-order chi connectivity index (χ0) is 10.8. The Morgan fingerprint density at radius 2 is 2.27 bits per heavy atom. The Bertz CT molecular complexity index is 351. The molecule has 82 valence electrons. The van der Waals surface area contributed by atoms with Gasteiger partial charge in [0.25, 0.3) is 0 Å². The van der Waals surface area contributed by atoms with E-state index in [9.17, 15) is 0 Å². The van der Waals surface area contributed by atoms with Crippen LogP contribution < -0.4 is 15.8 Å². The summed E-state index contributed by atoms with van der Waals surface area (Å²) < 4.78 is 5.90. The van der Waals surface area contributed by atoms with E-state index in [1.165, 1.54) is 5.56 Å². The van der Waals surface area contributed by atoms with Gasteiger partial charge in [0, 0.05) is 0 Å². The van der Waals surface area contributed by atoms with Crippen LogP contribution in [0.1, 0.15) is 18.9 Å². The Hall–Kier alpha value is -1.22. The molecule has 0 saturated carbocycles. The van der Waals surface area contributed by atoms with Crippen LogP contribution >= 0.6 is 0 Å². The maximum Gasteiger partial charge on any atom is 0.142 e. The number of anilines is 1. The summed E-state index contributed by atoms with van der Waals surface area (Å²) in [6.45, 7) is 4.88. The van der Waals surface area contributed by atoms with E-state index >= 15 is 0 Å². The third-order valence-electron chi connectivity index (χ3n) is 2.81. The Morgan fingerprint density at radius 1 is 1.47 bits per heavy atom. The van der Waals surface area contributed by atoms with Gasteiger partial charge >= 0.3 is 0 Å². The van der Waals surface area contributed by atoms with Crippen molar-refractivity contribution in [2.75, 3.05) is 11.9 Å². The number of aryl methyl sites for hydroxylation is 1. The van der Waals surface area contributed by atoms with Crippen LogP contribution in [0.15, 0.2) is 18.2 Å². The van der Waals surface area contributed by atoms with Crippen molar-refractivity contribution < 1.29 is 4.74 Å². The minimum absolute atomic E-state index is 0.185. The van der Waals surface area contributed by atoms with Crippen molar-refractivity contribution in [3.63, 3.8) is 0 Å². The molecule has 0 fully saturated rings. The summed E-state index contributed by atoms with van der Waals surface area (Å²) in [5.41, 5.74) is 7.90. The second-order valence-corrected chi connectivity index (χ2v) is 4.17. The van der Waals surface area contributed by atoms with Gasteiger partial charge in [-0.25, -0.2) is 0 Å². The van der Waals surface area contributed by atoms with Crippen molar-refractivity contribution in [2.24, 2.45) is 5.73 Å². The van der Waals surface area contributed by atoms with Crippen LogP contribution in [0.25, 0.3) is 0 Å². The van der Waals surface area contributed by atoms with E-state index in [1.807, 2.05) is 6.07 Å². The Labute approximate surface area is 90.6 Å². The summed E-state index contributed by atoms with van der Waals surface area (Å²) in [5, 5.41) is 3.46. The lowest BCUT2D eigenvalue weighted by molar-refractivity contribution is 0.167. The van der Waals surface area contributed by atoms with Gasteiger partial charge < -0.3 is 15.8 Å². The molecule has 1 aliphatic heterocycles. The number of hydrogen-bond acceptors (Lipinski definition) is 3. The first-order chi connectivity index (χ1) is 7.20. The van der Waals surface area contributed by atoms with Crippen molar-refractivity contribution in [3.05, 3.63) is 23.8 Å². The molecule has 2 atom stereocenters. The summed E-state index contributed by atoms with van der Waals surface area (Å²) in [6.07, 6.45) is 1.08. The van der Waals surface area contributed by atoms with Gasteiger partial charge in [-0.1, -0.05) is 6.07 Å². The van der Waals surface area contributed by atoms with E-state index in [-0.39, 0.29) is 6.10 Å². The van der Waals surface area contributed by atoms with Crippen LogP contribution in [-0.2, 0) is 0 Å². The van der Waals surface area contributed by atoms with Gasteiger partial charge in [-0.3, -0.25) is 0 Å². The van der Waals surface area contributed by atoms with Gasteiger partial charge in [-0.15, -0.1) is 0 Å². The van der Waals surface area contributed by atoms with E-state index in [4.69, 9.17) is 10.5 Å². The molecule has 1 aromatic rings. The normalized spacial score (nSPS) is 23.9. The van der Waals surface area contributed by atoms with Gasteiger partial charge in [-0.2, -0.15) is 0 Å². The Morgan fingerprint density at radius 3 is 3.00 bits per heavy atom. The first kappa shape index (κ1) is 10.3. The highest BCUT2D eigenvalue weighted by atomic mass is 16.5. The quantitative estimate of drug-likeness (QED) is 0.777. The molecule has 2 rings (SSSR count). The largest absolute Gasteiger partial charge is 0.486 e.